The zero-order valence-electron chi connectivity index (χ0n) is 17.4. The largest absolute Gasteiger partial charge is 0.497 e. The lowest BCUT2D eigenvalue weighted by atomic mass is 9.92. The summed E-state index contributed by atoms with van der Waals surface area (Å²) >= 11 is 0. The number of carbonyl (C=O) groups is 2. The number of benzene rings is 1. The molecule has 0 radical (unpaired) electrons. The molecule has 0 spiro atoms. The topological polar surface area (TPSA) is 102 Å². The smallest absolute Gasteiger partial charge is 0.331 e. The van der Waals surface area contributed by atoms with E-state index in [-0.39, 0.29) is 29.8 Å². The summed E-state index contributed by atoms with van der Waals surface area (Å²) < 4.78 is 36.9. The first-order valence-corrected chi connectivity index (χ1v) is 11.2. The lowest BCUT2D eigenvalue weighted by molar-refractivity contribution is -0.151. The fourth-order valence-corrected chi connectivity index (χ4v) is 5.04. The molecule has 1 unspecified atom stereocenters. The number of amides is 1. The third-order valence-corrected chi connectivity index (χ3v) is 7.22. The van der Waals surface area contributed by atoms with Gasteiger partial charge in [0, 0.05) is 19.0 Å². The SMILES string of the molecule is CCCC(C)(NC(=O)C1CCN(S(=O)(=O)c2ccc(OC)cc2)CC1)C(=O)OC. The van der Waals surface area contributed by atoms with Crippen LogP contribution in [0.25, 0.3) is 0 Å². The molecule has 1 aliphatic heterocycles. The number of hydrogen-bond donors (Lipinski definition) is 1. The number of nitrogens with one attached hydrogen (secondary N) is 1. The van der Waals surface area contributed by atoms with Gasteiger partial charge < -0.3 is 14.8 Å². The maximum Gasteiger partial charge on any atom is 0.331 e. The monoisotopic (exact) mass is 426 g/mol. The molecule has 0 aromatic heterocycles. The highest BCUT2D eigenvalue weighted by Gasteiger charge is 2.38. The van der Waals surface area contributed by atoms with Crippen LogP contribution in [0.4, 0.5) is 0 Å². The minimum Gasteiger partial charge on any atom is -0.497 e. The van der Waals surface area contributed by atoms with Crippen molar-refractivity contribution in [2.45, 2.75) is 50.0 Å². The number of piperidine rings is 1. The molecule has 29 heavy (non-hydrogen) atoms. The second-order valence-electron chi connectivity index (χ2n) is 7.42. The van der Waals surface area contributed by atoms with Crippen molar-refractivity contribution in [1.82, 2.24) is 9.62 Å². The number of hydrogen-bond acceptors (Lipinski definition) is 6. The fourth-order valence-electron chi connectivity index (χ4n) is 3.57. The Hall–Kier alpha value is -2.13. The van der Waals surface area contributed by atoms with Crippen LogP contribution in [0.15, 0.2) is 29.2 Å². The Morgan fingerprint density at radius 1 is 1.17 bits per heavy atom. The van der Waals surface area contributed by atoms with Gasteiger partial charge in [0.1, 0.15) is 11.3 Å². The number of nitrogens with zero attached hydrogens (tertiary/aromatic N) is 1. The van der Waals surface area contributed by atoms with Gasteiger partial charge in [0.2, 0.25) is 15.9 Å². The third-order valence-electron chi connectivity index (χ3n) is 5.31. The van der Waals surface area contributed by atoms with Gasteiger partial charge in [0.15, 0.2) is 0 Å². The Morgan fingerprint density at radius 3 is 2.24 bits per heavy atom. The Bertz CT molecular complexity index is 816. The van der Waals surface area contributed by atoms with Crippen molar-refractivity contribution in [2.75, 3.05) is 27.3 Å². The van der Waals surface area contributed by atoms with E-state index in [1.165, 1.54) is 30.7 Å². The van der Waals surface area contributed by atoms with Crippen LogP contribution < -0.4 is 10.1 Å². The highest BCUT2D eigenvalue weighted by molar-refractivity contribution is 7.89. The van der Waals surface area contributed by atoms with Gasteiger partial charge in [-0.3, -0.25) is 4.79 Å². The summed E-state index contributed by atoms with van der Waals surface area (Å²) in [6, 6.07) is 6.24. The van der Waals surface area contributed by atoms with E-state index in [1.54, 1.807) is 19.1 Å². The first-order chi connectivity index (χ1) is 13.7. The molecule has 1 fully saturated rings. The van der Waals surface area contributed by atoms with E-state index in [2.05, 4.69) is 5.32 Å². The molecule has 8 nitrogen and oxygen atoms in total. The molecule has 0 aliphatic carbocycles. The second-order valence-corrected chi connectivity index (χ2v) is 9.35. The van der Waals surface area contributed by atoms with Crippen molar-refractivity contribution < 1.29 is 27.5 Å². The van der Waals surface area contributed by atoms with Crippen LogP contribution in [-0.2, 0) is 24.3 Å². The molecule has 1 atom stereocenters. The van der Waals surface area contributed by atoms with Crippen LogP contribution in [0.5, 0.6) is 5.75 Å². The van der Waals surface area contributed by atoms with E-state index < -0.39 is 21.5 Å². The van der Waals surface area contributed by atoms with Crippen molar-refractivity contribution in [3.05, 3.63) is 24.3 Å². The average Bonchev–Trinajstić information content (AvgIpc) is 2.73. The molecule has 1 aromatic rings. The standard InChI is InChI=1S/C20H30N2O6S/c1-5-12-20(2,19(24)28-4)21-18(23)15-10-13-22(14-11-15)29(25,26)17-8-6-16(27-3)7-9-17/h6-9,15H,5,10-14H2,1-4H3,(H,21,23). The number of carbonyl (C=O) groups excluding carboxylic acids is 2. The lowest BCUT2D eigenvalue weighted by Gasteiger charge is -2.33. The number of rotatable bonds is 8. The Labute approximate surface area is 172 Å². The highest BCUT2D eigenvalue weighted by atomic mass is 32.2. The van der Waals surface area contributed by atoms with E-state index in [4.69, 9.17) is 9.47 Å². The molecule has 1 aromatic carbocycles. The molecule has 9 heteroatoms. The molecular formula is C20H30N2O6S. The first-order valence-electron chi connectivity index (χ1n) is 9.72. The molecule has 0 saturated carbocycles. The zero-order valence-corrected chi connectivity index (χ0v) is 18.3. The fraction of sp³-hybridized carbons (Fsp3) is 0.600. The number of ether oxygens (including phenoxy) is 2. The Balaban J connectivity index is 2.01. The summed E-state index contributed by atoms with van der Waals surface area (Å²) in [5, 5.41) is 2.82. The van der Waals surface area contributed by atoms with Crippen LogP contribution in [0.3, 0.4) is 0 Å². The highest BCUT2D eigenvalue weighted by Crippen LogP contribution is 2.26. The van der Waals surface area contributed by atoms with E-state index in [0.717, 1.165) is 0 Å². The molecule has 1 N–H and O–H groups in total. The molecule has 1 amide bonds. The van der Waals surface area contributed by atoms with Gasteiger partial charge in [-0.05, 0) is 50.5 Å². The normalized spacial score (nSPS) is 17.9. The molecule has 0 bridgehead atoms. The van der Waals surface area contributed by atoms with Gasteiger partial charge in [-0.15, -0.1) is 0 Å². The van der Waals surface area contributed by atoms with Crippen LogP contribution in [0, 0.1) is 5.92 Å². The van der Waals surface area contributed by atoms with Crippen LogP contribution in [0.2, 0.25) is 0 Å². The van der Waals surface area contributed by atoms with Gasteiger partial charge in [0.05, 0.1) is 19.1 Å². The minimum atomic E-state index is -3.63. The van der Waals surface area contributed by atoms with Gasteiger partial charge in [-0.2, -0.15) is 4.31 Å². The lowest BCUT2D eigenvalue weighted by Crippen LogP contribution is -2.55. The first kappa shape index (κ1) is 23.2. The van der Waals surface area contributed by atoms with Crippen molar-refractivity contribution >= 4 is 21.9 Å². The van der Waals surface area contributed by atoms with Gasteiger partial charge in [-0.1, -0.05) is 13.3 Å². The van der Waals surface area contributed by atoms with E-state index in [1.807, 2.05) is 6.92 Å². The quantitative estimate of drug-likeness (QED) is 0.638. The molecule has 1 heterocycles. The van der Waals surface area contributed by atoms with Crippen molar-refractivity contribution in [3.63, 3.8) is 0 Å². The zero-order chi connectivity index (χ0) is 21.7. The van der Waals surface area contributed by atoms with Gasteiger partial charge >= 0.3 is 5.97 Å². The Morgan fingerprint density at radius 2 is 1.76 bits per heavy atom. The number of esters is 1. The molecular weight excluding hydrogens is 396 g/mol. The van der Waals surface area contributed by atoms with Crippen LogP contribution in [-0.4, -0.2) is 57.4 Å². The molecule has 162 valence electrons. The van der Waals surface area contributed by atoms with E-state index in [0.29, 0.717) is 31.4 Å². The van der Waals surface area contributed by atoms with E-state index in [9.17, 15) is 18.0 Å². The summed E-state index contributed by atoms with van der Waals surface area (Å²) in [6.07, 6.45) is 1.97. The summed E-state index contributed by atoms with van der Waals surface area (Å²) in [5.41, 5.74) is -1.08. The maximum atomic E-state index is 12.8. The third kappa shape index (κ3) is 5.27. The number of methoxy groups -OCH3 is 2. The van der Waals surface area contributed by atoms with Crippen LogP contribution in [0.1, 0.15) is 39.5 Å². The second kappa shape index (κ2) is 9.58. The van der Waals surface area contributed by atoms with Gasteiger partial charge in [0.25, 0.3) is 0 Å². The van der Waals surface area contributed by atoms with Crippen molar-refractivity contribution in [1.29, 1.82) is 0 Å². The van der Waals surface area contributed by atoms with Crippen LogP contribution >= 0.6 is 0 Å². The predicted molar refractivity (Wildman–Crippen MR) is 108 cm³/mol. The average molecular weight is 427 g/mol. The van der Waals surface area contributed by atoms with Crippen molar-refractivity contribution in [3.8, 4) is 5.75 Å². The van der Waals surface area contributed by atoms with Crippen molar-refractivity contribution in [2.24, 2.45) is 5.92 Å². The Kier molecular flexibility index (Phi) is 7.65. The maximum absolute atomic E-state index is 12.8. The summed E-state index contributed by atoms with van der Waals surface area (Å²) in [5.74, 6) is -0.488. The predicted octanol–water partition coefficient (Wildman–Crippen LogP) is 1.94. The number of sulfonamides is 1. The minimum absolute atomic E-state index is 0.197. The summed E-state index contributed by atoms with van der Waals surface area (Å²) in [7, 11) is -0.810. The summed E-state index contributed by atoms with van der Waals surface area (Å²) in [4.78, 5) is 25.0. The van der Waals surface area contributed by atoms with Gasteiger partial charge in [-0.25, -0.2) is 13.2 Å². The molecule has 1 aliphatic rings. The van der Waals surface area contributed by atoms with E-state index >= 15 is 0 Å². The summed E-state index contributed by atoms with van der Waals surface area (Å²) in [6.45, 7) is 4.07. The molecule has 1 saturated heterocycles. The molecule has 2 rings (SSSR count).